The summed E-state index contributed by atoms with van der Waals surface area (Å²) in [5, 5.41) is 5.82. The van der Waals surface area contributed by atoms with Gasteiger partial charge in [0.1, 0.15) is 4.70 Å². The summed E-state index contributed by atoms with van der Waals surface area (Å²) in [6, 6.07) is 6.92. The van der Waals surface area contributed by atoms with E-state index in [1.54, 1.807) is 24.3 Å². The Bertz CT molecular complexity index is 1200. The van der Waals surface area contributed by atoms with E-state index in [1.165, 1.54) is 46.1 Å². The van der Waals surface area contributed by atoms with Crippen LogP contribution in [-0.2, 0) is 4.79 Å². The van der Waals surface area contributed by atoms with Gasteiger partial charge in [-0.05, 0) is 55.7 Å². The first-order valence-electron chi connectivity index (χ1n) is 10.1. The third-order valence-electron chi connectivity index (χ3n) is 5.11. The normalized spacial score (nSPS) is 13.9. The highest BCUT2D eigenvalue weighted by molar-refractivity contribution is 7.99. The maximum atomic E-state index is 13.2. The molecule has 5 nitrogen and oxygen atoms in total. The Morgan fingerprint density at radius 3 is 2.94 bits per heavy atom. The first kappa shape index (κ1) is 22.4. The predicted molar refractivity (Wildman–Crippen MR) is 130 cm³/mol. The zero-order valence-electron chi connectivity index (χ0n) is 16.7. The Labute approximate surface area is 198 Å². The molecule has 3 aromatic rings. The molecule has 0 radical (unpaired) electrons. The van der Waals surface area contributed by atoms with Gasteiger partial charge < -0.3 is 5.32 Å². The minimum atomic E-state index is -0.226. The maximum absolute atomic E-state index is 13.2. The molecule has 1 aromatic carbocycles. The van der Waals surface area contributed by atoms with Gasteiger partial charge >= 0.3 is 0 Å². The van der Waals surface area contributed by atoms with Crippen LogP contribution >= 0.6 is 46.3 Å². The van der Waals surface area contributed by atoms with E-state index in [0.29, 0.717) is 32.6 Å². The van der Waals surface area contributed by atoms with Gasteiger partial charge in [0.25, 0.3) is 5.56 Å². The lowest BCUT2D eigenvalue weighted by atomic mass is 9.97. The molecule has 0 aliphatic heterocycles. The number of nitrogens with one attached hydrogen (secondary N) is 1. The van der Waals surface area contributed by atoms with Crippen LogP contribution in [0.15, 0.2) is 51.2 Å². The predicted octanol–water partition coefficient (Wildman–Crippen LogP) is 5.85. The smallest absolute Gasteiger partial charge is 0.276 e. The topological polar surface area (TPSA) is 64.0 Å². The number of hydrogen-bond donors (Lipinski definition) is 1. The molecular formula is C22H21Cl2N3O2S2. The quantitative estimate of drug-likeness (QED) is 0.254. The van der Waals surface area contributed by atoms with Gasteiger partial charge in [-0.15, -0.1) is 11.3 Å². The number of rotatable bonds is 7. The number of thiophene rings is 1. The van der Waals surface area contributed by atoms with Crippen molar-refractivity contribution in [3.8, 4) is 5.69 Å². The van der Waals surface area contributed by atoms with Crippen molar-refractivity contribution in [3.05, 3.63) is 61.7 Å². The number of aromatic nitrogens is 2. The van der Waals surface area contributed by atoms with E-state index in [-0.39, 0.29) is 22.2 Å². The van der Waals surface area contributed by atoms with E-state index < -0.39 is 0 Å². The Kier molecular flexibility index (Phi) is 7.38. The van der Waals surface area contributed by atoms with Crippen molar-refractivity contribution in [2.24, 2.45) is 0 Å². The Hall–Kier alpha value is -1.80. The van der Waals surface area contributed by atoms with Crippen molar-refractivity contribution in [2.75, 3.05) is 12.3 Å². The third-order valence-corrected chi connectivity index (χ3v) is 7.75. The summed E-state index contributed by atoms with van der Waals surface area (Å²) in [5.41, 5.74) is 2.26. The molecule has 0 unspecified atom stereocenters. The molecule has 0 bridgehead atoms. The molecule has 0 saturated heterocycles. The molecule has 1 aliphatic rings. The van der Waals surface area contributed by atoms with E-state index in [9.17, 15) is 9.59 Å². The van der Waals surface area contributed by atoms with Gasteiger partial charge in [0.05, 0.1) is 27.0 Å². The number of allylic oxidation sites excluding steroid dienone is 1. The molecule has 2 aromatic heterocycles. The van der Waals surface area contributed by atoms with Gasteiger partial charge in [0.15, 0.2) is 5.16 Å². The number of benzene rings is 1. The lowest BCUT2D eigenvalue weighted by molar-refractivity contribution is -0.118. The van der Waals surface area contributed by atoms with Gasteiger partial charge in [0, 0.05) is 6.54 Å². The van der Waals surface area contributed by atoms with Gasteiger partial charge in [-0.25, -0.2) is 4.98 Å². The Morgan fingerprint density at radius 2 is 2.13 bits per heavy atom. The van der Waals surface area contributed by atoms with E-state index in [1.807, 2.05) is 5.38 Å². The van der Waals surface area contributed by atoms with Crippen LogP contribution in [0.2, 0.25) is 10.0 Å². The fourth-order valence-corrected chi connectivity index (χ4v) is 5.52. The summed E-state index contributed by atoms with van der Waals surface area (Å²) < 4.78 is 1.98. The van der Waals surface area contributed by atoms with Crippen LogP contribution in [0.5, 0.6) is 0 Å². The maximum Gasteiger partial charge on any atom is 0.276 e. The average molecular weight is 494 g/mol. The van der Waals surface area contributed by atoms with Gasteiger partial charge in [0.2, 0.25) is 5.91 Å². The van der Waals surface area contributed by atoms with E-state index in [2.05, 4.69) is 16.4 Å². The molecule has 31 heavy (non-hydrogen) atoms. The highest BCUT2D eigenvalue weighted by atomic mass is 35.5. The van der Waals surface area contributed by atoms with Crippen molar-refractivity contribution >= 4 is 62.4 Å². The van der Waals surface area contributed by atoms with Crippen LogP contribution in [0.4, 0.5) is 0 Å². The SMILES string of the molecule is O=C(CSc1nc2ccsc2c(=O)n1-c1cccc(Cl)c1Cl)NCCC1=CCCCC1. The van der Waals surface area contributed by atoms with Gasteiger partial charge in [-0.2, -0.15) is 0 Å². The standard InChI is InChI=1S/C22H21Cl2N3O2S2/c23-15-7-4-8-17(19(15)24)27-21(29)20-16(10-12-30-20)26-22(27)31-13-18(28)25-11-9-14-5-2-1-3-6-14/h4-5,7-8,10,12H,1-3,6,9,11,13H2,(H,25,28). The van der Waals surface area contributed by atoms with Gasteiger partial charge in [-0.1, -0.05) is 52.7 Å². The number of fused-ring (bicyclic) bond motifs is 1. The molecule has 1 amide bonds. The number of hydrogen-bond acceptors (Lipinski definition) is 5. The minimum Gasteiger partial charge on any atom is -0.355 e. The second-order valence-electron chi connectivity index (χ2n) is 7.24. The number of carbonyl (C=O) groups excluding carboxylic acids is 1. The summed E-state index contributed by atoms with van der Waals surface area (Å²) >= 11 is 15.1. The number of halogens is 2. The summed E-state index contributed by atoms with van der Waals surface area (Å²) in [7, 11) is 0. The Morgan fingerprint density at radius 1 is 1.26 bits per heavy atom. The monoisotopic (exact) mass is 493 g/mol. The van der Waals surface area contributed by atoms with E-state index >= 15 is 0 Å². The molecule has 1 N–H and O–H groups in total. The molecule has 0 spiro atoms. The number of thioether (sulfide) groups is 1. The zero-order valence-corrected chi connectivity index (χ0v) is 19.8. The molecular weight excluding hydrogens is 473 g/mol. The Balaban J connectivity index is 1.53. The lowest BCUT2D eigenvalue weighted by Crippen LogP contribution is -2.27. The van der Waals surface area contributed by atoms with Crippen molar-refractivity contribution < 1.29 is 4.79 Å². The van der Waals surface area contributed by atoms with Crippen LogP contribution in [0, 0.1) is 0 Å². The molecule has 4 rings (SSSR count). The van der Waals surface area contributed by atoms with Crippen LogP contribution in [-0.4, -0.2) is 27.8 Å². The van der Waals surface area contributed by atoms with Crippen molar-refractivity contribution in [3.63, 3.8) is 0 Å². The molecule has 0 saturated carbocycles. The summed E-state index contributed by atoms with van der Waals surface area (Å²) in [6.07, 6.45) is 7.93. The number of nitrogens with zero attached hydrogens (tertiary/aromatic N) is 2. The molecule has 162 valence electrons. The number of carbonyl (C=O) groups is 1. The largest absolute Gasteiger partial charge is 0.355 e. The van der Waals surface area contributed by atoms with Crippen LogP contribution in [0.1, 0.15) is 32.1 Å². The highest BCUT2D eigenvalue weighted by Crippen LogP contribution is 2.31. The zero-order chi connectivity index (χ0) is 21.8. The van der Waals surface area contributed by atoms with E-state index in [0.717, 1.165) is 19.3 Å². The lowest BCUT2D eigenvalue weighted by Gasteiger charge is -2.14. The van der Waals surface area contributed by atoms with Gasteiger partial charge in [-0.3, -0.25) is 14.2 Å². The highest BCUT2D eigenvalue weighted by Gasteiger charge is 2.18. The fraction of sp³-hybridized carbons (Fsp3) is 0.318. The van der Waals surface area contributed by atoms with Crippen molar-refractivity contribution in [1.29, 1.82) is 0 Å². The number of amides is 1. The minimum absolute atomic E-state index is 0.0928. The summed E-state index contributed by atoms with van der Waals surface area (Å²) in [6.45, 7) is 0.620. The molecule has 2 heterocycles. The second kappa shape index (κ2) is 10.2. The molecule has 0 atom stereocenters. The first-order valence-corrected chi connectivity index (χ1v) is 12.7. The van der Waals surface area contributed by atoms with E-state index in [4.69, 9.17) is 23.2 Å². The summed E-state index contributed by atoms with van der Waals surface area (Å²) in [5.74, 6) is 0.0593. The second-order valence-corrected chi connectivity index (χ2v) is 9.88. The molecule has 9 heteroatoms. The van der Waals surface area contributed by atoms with Crippen LogP contribution in [0.3, 0.4) is 0 Å². The molecule has 1 aliphatic carbocycles. The fourth-order valence-electron chi connectivity index (χ4n) is 3.54. The first-order chi connectivity index (χ1) is 15.0. The molecule has 0 fully saturated rings. The van der Waals surface area contributed by atoms with Crippen LogP contribution in [0.25, 0.3) is 15.9 Å². The van der Waals surface area contributed by atoms with Crippen LogP contribution < -0.4 is 10.9 Å². The van der Waals surface area contributed by atoms with Crippen molar-refractivity contribution in [1.82, 2.24) is 14.9 Å². The average Bonchev–Trinajstić information content (AvgIpc) is 3.25. The summed E-state index contributed by atoms with van der Waals surface area (Å²) in [4.78, 5) is 30.2. The van der Waals surface area contributed by atoms with Crippen molar-refractivity contribution in [2.45, 2.75) is 37.3 Å². The third kappa shape index (κ3) is 5.17.